The van der Waals surface area contributed by atoms with Crippen LogP contribution in [-0.4, -0.2) is 42.4 Å². The van der Waals surface area contributed by atoms with E-state index >= 15 is 0 Å². The van der Waals surface area contributed by atoms with Gasteiger partial charge in [0, 0.05) is 37.9 Å². The number of fused-ring (bicyclic) bond motifs is 1. The van der Waals surface area contributed by atoms with Gasteiger partial charge in [-0.2, -0.15) is 0 Å². The fraction of sp³-hybridized carbons (Fsp3) is 0.632. The van der Waals surface area contributed by atoms with Crippen molar-refractivity contribution in [2.75, 3.05) is 19.7 Å². The summed E-state index contributed by atoms with van der Waals surface area (Å²) in [5.74, 6) is 0.916. The highest BCUT2D eigenvalue weighted by Crippen LogP contribution is 2.46. The van der Waals surface area contributed by atoms with E-state index in [4.69, 9.17) is 14.2 Å². The summed E-state index contributed by atoms with van der Waals surface area (Å²) in [6.07, 6.45) is 2.43. The van der Waals surface area contributed by atoms with Gasteiger partial charge < -0.3 is 19.1 Å². The first kappa shape index (κ1) is 17.1. The maximum absolute atomic E-state index is 11.9. The highest BCUT2D eigenvalue weighted by atomic mass is 16.6. The van der Waals surface area contributed by atoms with E-state index in [-0.39, 0.29) is 23.9 Å². The molecule has 0 aromatic heterocycles. The number of piperidine rings is 1. The first-order valence-corrected chi connectivity index (χ1v) is 8.88. The van der Waals surface area contributed by atoms with Gasteiger partial charge in [-0.15, -0.1) is 0 Å². The second-order valence-electron chi connectivity index (χ2n) is 6.89. The van der Waals surface area contributed by atoms with Gasteiger partial charge in [0.05, 0.1) is 18.8 Å². The first-order valence-electron chi connectivity index (χ1n) is 8.88. The smallest absolute Gasteiger partial charge is 0.409 e. The molecule has 2 aliphatic heterocycles. The molecule has 0 radical (unpaired) electrons. The molecule has 0 saturated carbocycles. The number of likely N-dealkylation sites (tertiary alicyclic amines) is 1. The Bertz CT molecular complexity index is 578. The van der Waals surface area contributed by atoms with E-state index in [1.165, 1.54) is 0 Å². The van der Waals surface area contributed by atoms with Crippen LogP contribution in [0, 0.1) is 0 Å². The Kier molecular flexibility index (Phi) is 4.99. The monoisotopic (exact) mass is 333 g/mol. The van der Waals surface area contributed by atoms with Crippen LogP contribution in [0.15, 0.2) is 24.3 Å². The maximum atomic E-state index is 11.9. The zero-order chi connectivity index (χ0) is 17.2. The number of rotatable bonds is 3. The molecule has 2 aliphatic rings. The van der Waals surface area contributed by atoms with Crippen molar-refractivity contribution in [3.63, 3.8) is 0 Å². The van der Waals surface area contributed by atoms with Crippen molar-refractivity contribution in [3.8, 4) is 5.75 Å². The Morgan fingerprint density at radius 3 is 2.71 bits per heavy atom. The molecular formula is C19H27NO4. The largest absolute Gasteiger partial charge is 0.487 e. The van der Waals surface area contributed by atoms with Crippen LogP contribution in [0.5, 0.6) is 5.75 Å². The molecule has 1 saturated heterocycles. The molecule has 1 aromatic carbocycles. The van der Waals surface area contributed by atoms with Gasteiger partial charge in [-0.05, 0) is 26.8 Å². The molecule has 3 rings (SSSR count). The van der Waals surface area contributed by atoms with Crippen molar-refractivity contribution in [1.82, 2.24) is 4.90 Å². The molecule has 5 nitrogen and oxygen atoms in total. The molecule has 24 heavy (non-hydrogen) atoms. The minimum absolute atomic E-state index is 0.0455. The van der Waals surface area contributed by atoms with Gasteiger partial charge in [-0.3, -0.25) is 0 Å². The standard InChI is InChI=1S/C19H27NO4/c1-4-22-18(21)20-11-9-19(10-12-20)13-17(23-14(2)3)15-7-5-6-8-16(15)24-19/h5-8,14,17H,4,9-13H2,1-3H3. The van der Waals surface area contributed by atoms with Gasteiger partial charge in [0.1, 0.15) is 11.4 Å². The molecule has 0 bridgehead atoms. The van der Waals surface area contributed by atoms with E-state index in [0.29, 0.717) is 19.7 Å². The third-order valence-corrected chi connectivity index (χ3v) is 4.79. The molecule has 0 aliphatic carbocycles. The van der Waals surface area contributed by atoms with Crippen molar-refractivity contribution in [1.29, 1.82) is 0 Å². The third-order valence-electron chi connectivity index (χ3n) is 4.79. The third kappa shape index (κ3) is 3.51. The van der Waals surface area contributed by atoms with Crippen LogP contribution in [0.3, 0.4) is 0 Å². The van der Waals surface area contributed by atoms with Gasteiger partial charge in [-0.25, -0.2) is 4.79 Å². The molecular weight excluding hydrogens is 306 g/mol. The molecule has 1 amide bonds. The quantitative estimate of drug-likeness (QED) is 0.841. The van der Waals surface area contributed by atoms with Crippen molar-refractivity contribution >= 4 is 6.09 Å². The number of nitrogens with zero attached hydrogens (tertiary/aromatic N) is 1. The van der Waals surface area contributed by atoms with Crippen LogP contribution in [0.4, 0.5) is 4.79 Å². The normalized spacial score (nSPS) is 22.2. The van der Waals surface area contributed by atoms with Crippen LogP contribution in [0.2, 0.25) is 0 Å². The van der Waals surface area contributed by atoms with Crippen LogP contribution in [0.1, 0.15) is 51.7 Å². The molecule has 132 valence electrons. The molecule has 5 heteroatoms. The van der Waals surface area contributed by atoms with Crippen LogP contribution in [0.25, 0.3) is 0 Å². The van der Waals surface area contributed by atoms with Crippen LogP contribution < -0.4 is 4.74 Å². The molecule has 1 unspecified atom stereocenters. The predicted molar refractivity (Wildman–Crippen MR) is 91.2 cm³/mol. The summed E-state index contributed by atoms with van der Waals surface area (Å²) in [4.78, 5) is 13.7. The predicted octanol–water partition coefficient (Wildman–Crippen LogP) is 3.93. The number of carbonyl (C=O) groups excluding carboxylic acids is 1. The van der Waals surface area contributed by atoms with Crippen molar-refractivity contribution < 1.29 is 19.0 Å². The molecule has 1 aromatic rings. The SMILES string of the molecule is CCOC(=O)N1CCC2(CC1)CC(OC(C)C)c1ccccc1O2. The van der Waals surface area contributed by atoms with Crippen molar-refractivity contribution in [3.05, 3.63) is 29.8 Å². The van der Waals surface area contributed by atoms with E-state index < -0.39 is 0 Å². The molecule has 2 heterocycles. The first-order chi connectivity index (χ1) is 11.5. The summed E-state index contributed by atoms with van der Waals surface area (Å²) in [6, 6.07) is 8.13. The number of carbonyl (C=O) groups is 1. The van der Waals surface area contributed by atoms with Crippen LogP contribution in [-0.2, 0) is 9.47 Å². The lowest BCUT2D eigenvalue weighted by Gasteiger charge is -2.46. The second-order valence-corrected chi connectivity index (χ2v) is 6.89. The zero-order valence-electron chi connectivity index (χ0n) is 14.8. The lowest BCUT2D eigenvalue weighted by atomic mass is 9.81. The van der Waals surface area contributed by atoms with E-state index in [1.54, 1.807) is 4.90 Å². The second kappa shape index (κ2) is 7.01. The molecule has 1 atom stereocenters. The van der Waals surface area contributed by atoms with Crippen molar-refractivity contribution in [2.45, 2.75) is 57.8 Å². The number of ether oxygens (including phenoxy) is 3. The fourth-order valence-corrected chi connectivity index (χ4v) is 3.63. The lowest BCUT2D eigenvalue weighted by molar-refractivity contribution is -0.0883. The topological polar surface area (TPSA) is 48.0 Å². The van der Waals surface area contributed by atoms with Crippen molar-refractivity contribution in [2.24, 2.45) is 0 Å². The summed E-state index contributed by atoms with van der Waals surface area (Å²) >= 11 is 0. The minimum Gasteiger partial charge on any atom is -0.487 e. The molecule has 1 fully saturated rings. The average molecular weight is 333 g/mol. The van der Waals surface area contributed by atoms with Gasteiger partial charge >= 0.3 is 6.09 Å². The molecule has 0 N–H and O–H groups in total. The number of amides is 1. The average Bonchev–Trinajstić information content (AvgIpc) is 2.55. The Balaban J connectivity index is 1.75. The number of hydrogen-bond acceptors (Lipinski definition) is 4. The van der Waals surface area contributed by atoms with E-state index in [9.17, 15) is 4.79 Å². The summed E-state index contributed by atoms with van der Waals surface area (Å²) in [5.41, 5.74) is 0.876. The Morgan fingerprint density at radius 1 is 1.33 bits per heavy atom. The minimum atomic E-state index is -0.253. The highest BCUT2D eigenvalue weighted by Gasteiger charge is 2.44. The van der Waals surface area contributed by atoms with Gasteiger partial charge in [0.2, 0.25) is 0 Å². The van der Waals surface area contributed by atoms with Gasteiger partial charge in [-0.1, -0.05) is 18.2 Å². The fourth-order valence-electron chi connectivity index (χ4n) is 3.63. The summed E-state index contributed by atoms with van der Waals surface area (Å²) in [6.45, 7) is 7.69. The van der Waals surface area contributed by atoms with E-state index in [2.05, 4.69) is 19.9 Å². The molecule has 1 spiro atoms. The highest BCUT2D eigenvalue weighted by molar-refractivity contribution is 5.67. The summed E-state index contributed by atoms with van der Waals surface area (Å²) < 4.78 is 17.7. The van der Waals surface area contributed by atoms with Gasteiger partial charge in [0.15, 0.2) is 0 Å². The number of para-hydroxylation sites is 1. The van der Waals surface area contributed by atoms with Crippen LogP contribution >= 0.6 is 0 Å². The zero-order valence-corrected chi connectivity index (χ0v) is 14.8. The van der Waals surface area contributed by atoms with E-state index in [1.807, 2.05) is 25.1 Å². The van der Waals surface area contributed by atoms with E-state index in [0.717, 1.165) is 30.6 Å². The number of hydrogen-bond donors (Lipinski definition) is 0. The number of benzene rings is 1. The summed E-state index contributed by atoms with van der Waals surface area (Å²) in [7, 11) is 0. The maximum Gasteiger partial charge on any atom is 0.409 e. The Morgan fingerprint density at radius 2 is 2.04 bits per heavy atom. The summed E-state index contributed by atoms with van der Waals surface area (Å²) in [5, 5.41) is 0. The van der Waals surface area contributed by atoms with Gasteiger partial charge in [0.25, 0.3) is 0 Å². The Labute approximate surface area is 143 Å². The lowest BCUT2D eigenvalue weighted by Crippen LogP contribution is -2.52. The Hall–Kier alpha value is -1.75.